The molecule has 0 aliphatic carbocycles. The number of hydrogen-bond donors (Lipinski definition) is 0. The molecule has 0 spiro atoms. The van der Waals surface area contributed by atoms with Crippen LogP contribution < -0.4 is 15.3 Å². The van der Waals surface area contributed by atoms with Crippen molar-refractivity contribution in [1.82, 2.24) is 0 Å². The summed E-state index contributed by atoms with van der Waals surface area (Å²) in [5, 5.41) is 4.39. The smallest absolute Gasteiger partial charge is 0.279 e. The van der Waals surface area contributed by atoms with Gasteiger partial charge in [0.1, 0.15) is 17.1 Å². The molecule has 0 radical (unpaired) electrons. The van der Waals surface area contributed by atoms with Crippen LogP contribution in [0.2, 0.25) is 0 Å². The fourth-order valence-corrected chi connectivity index (χ4v) is 4.64. The molecule has 1 aromatic heterocycles. The number of hydrogen-bond acceptors (Lipinski definition) is 3. The van der Waals surface area contributed by atoms with Crippen molar-refractivity contribution in [1.29, 1.82) is 0 Å². The average Bonchev–Trinajstić information content (AvgIpc) is 3.35. The molecule has 5 aromatic rings. The van der Waals surface area contributed by atoms with E-state index in [1.54, 1.807) is 7.11 Å². The molecule has 1 aliphatic rings. The topological polar surface area (TPSA) is 51.8 Å². The molecule has 0 unspecified atom stereocenters. The van der Waals surface area contributed by atoms with Crippen LogP contribution in [0.15, 0.2) is 92.7 Å². The number of fused-ring (bicyclic) bond motifs is 4. The highest BCUT2D eigenvalue weighted by Gasteiger charge is 2.28. The Morgan fingerprint density at radius 1 is 0.938 bits per heavy atom. The fourth-order valence-electron chi connectivity index (χ4n) is 4.37. The summed E-state index contributed by atoms with van der Waals surface area (Å²) in [5.41, 5.74) is 2.93. The van der Waals surface area contributed by atoms with Crippen molar-refractivity contribution in [2.24, 2.45) is 4.99 Å². The summed E-state index contributed by atoms with van der Waals surface area (Å²) < 4.78 is 12.9. The zero-order valence-electron chi connectivity index (χ0n) is 17.1. The van der Waals surface area contributed by atoms with Crippen molar-refractivity contribution in [2.45, 2.75) is 0 Å². The van der Waals surface area contributed by atoms with E-state index in [0.29, 0.717) is 22.3 Å². The number of para-hydroxylation sites is 1. The summed E-state index contributed by atoms with van der Waals surface area (Å²) in [7, 11) is 1.65. The number of ether oxygens (including phenoxy) is 1. The van der Waals surface area contributed by atoms with Crippen molar-refractivity contribution in [3.63, 3.8) is 0 Å². The van der Waals surface area contributed by atoms with Crippen molar-refractivity contribution >= 4 is 49.2 Å². The molecule has 0 N–H and O–H groups in total. The lowest BCUT2D eigenvalue weighted by Gasteiger charge is -2.07. The standard InChI is InChI=1S/C27H16BrNO3/c1-31-18-12-8-15-9-13-22-23(20(15)14-18)25(26(32-22)16-6-10-17(28)11-7-16)24-19-4-2-3-5-21(19)29-27(24)30/h2-14H,1H3. The van der Waals surface area contributed by atoms with Crippen LogP contribution in [0.5, 0.6) is 5.75 Å². The van der Waals surface area contributed by atoms with Gasteiger partial charge in [-0.05, 0) is 47.2 Å². The molecule has 0 atom stereocenters. The number of carbonyl (C=O) groups excluding carboxylic acids is 1. The maximum absolute atomic E-state index is 13.2. The Balaban J connectivity index is 1.82. The van der Waals surface area contributed by atoms with Gasteiger partial charge < -0.3 is 9.15 Å². The third-order valence-corrected chi connectivity index (χ3v) is 6.37. The van der Waals surface area contributed by atoms with Gasteiger partial charge in [0, 0.05) is 26.2 Å². The van der Waals surface area contributed by atoms with Crippen LogP contribution >= 0.6 is 15.9 Å². The first-order valence-electron chi connectivity index (χ1n) is 10.2. The third-order valence-electron chi connectivity index (χ3n) is 5.85. The Bertz CT molecular complexity index is 1680. The van der Waals surface area contributed by atoms with E-state index in [9.17, 15) is 4.79 Å². The zero-order valence-corrected chi connectivity index (χ0v) is 18.6. The van der Waals surface area contributed by atoms with Crippen LogP contribution in [0, 0.1) is 0 Å². The molecule has 4 nitrogen and oxygen atoms in total. The largest absolute Gasteiger partial charge is 0.497 e. The second kappa shape index (κ2) is 7.18. The number of methoxy groups -OCH3 is 1. The van der Waals surface area contributed by atoms with Crippen LogP contribution in [0.1, 0.15) is 5.56 Å². The van der Waals surface area contributed by atoms with Gasteiger partial charge in [0.15, 0.2) is 0 Å². The third kappa shape index (κ3) is 2.82. The van der Waals surface area contributed by atoms with Crippen LogP contribution in [0.3, 0.4) is 0 Å². The first kappa shape index (κ1) is 19.0. The number of benzene rings is 4. The summed E-state index contributed by atoms with van der Waals surface area (Å²) >= 11 is 3.50. The van der Waals surface area contributed by atoms with Gasteiger partial charge in [-0.15, -0.1) is 0 Å². The Hall–Kier alpha value is -3.70. The first-order valence-corrected chi connectivity index (χ1v) is 11.0. The summed E-state index contributed by atoms with van der Waals surface area (Å²) in [4.78, 5) is 17.5. The van der Waals surface area contributed by atoms with Gasteiger partial charge in [-0.1, -0.05) is 58.4 Å². The minimum absolute atomic E-state index is 0.257. The predicted octanol–water partition coefficient (Wildman–Crippen LogP) is 5.38. The van der Waals surface area contributed by atoms with Gasteiger partial charge >= 0.3 is 0 Å². The van der Waals surface area contributed by atoms with E-state index >= 15 is 0 Å². The second-order valence-electron chi connectivity index (χ2n) is 7.65. The second-order valence-corrected chi connectivity index (χ2v) is 8.56. The van der Waals surface area contributed by atoms with E-state index in [-0.39, 0.29) is 5.91 Å². The lowest BCUT2D eigenvalue weighted by molar-refractivity contribution is -0.112. The van der Waals surface area contributed by atoms with Crippen LogP contribution in [-0.2, 0) is 4.79 Å². The van der Waals surface area contributed by atoms with Crippen LogP contribution in [-0.4, -0.2) is 13.0 Å². The molecule has 4 aromatic carbocycles. The molecule has 32 heavy (non-hydrogen) atoms. The maximum Gasteiger partial charge on any atom is 0.279 e. The summed E-state index contributed by atoms with van der Waals surface area (Å²) in [6, 6.07) is 25.4. The van der Waals surface area contributed by atoms with E-state index in [2.05, 4.69) is 20.9 Å². The zero-order chi connectivity index (χ0) is 21.8. The first-order chi connectivity index (χ1) is 15.6. The van der Waals surface area contributed by atoms with E-state index in [4.69, 9.17) is 9.15 Å². The van der Waals surface area contributed by atoms with Crippen molar-refractivity contribution in [3.05, 3.63) is 99.5 Å². The van der Waals surface area contributed by atoms with Gasteiger partial charge in [-0.25, -0.2) is 4.99 Å². The van der Waals surface area contributed by atoms with E-state index in [1.165, 1.54) is 0 Å². The highest BCUT2D eigenvalue weighted by molar-refractivity contribution is 9.10. The molecule has 0 saturated carbocycles. The minimum atomic E-state index is -0.257. The van der Waals surface area contributed by atoms with E-state index < -0.39 is 0 Å². The maximum atomic E-state index is 13.2. The van der Waals surface area contributed by atoms with Gasteiger partial charge in [0.2, 0.25) is 0 Å². The summed E-state index contributed by atoms with van der Waals surface area (Å²) in [6.07, 6.45) is 0. The van der Waals surface area contributed by atoms with Gasteiger partial charge in [-0.3, -0.25) is 4.79 Å². The number of halogens is 1. The molecule has 5 heteroatoms. The lowest BCUT2D eigenvalue weighted by atomic mass is 9.94. The van der Waals surface area contributed by atoms with Crippen LogP contribution in [0.25, 0.3) is 38.6 Å². The van der Waals surface area contributed by atoms with Gasteiger partial charge in [-0.2, -0.15) is 0 Å². The van der Waals surface area contributed by atoms with E-state index in [0.717, 1.165) is 42.7 Å². The highest BCUT2D eigenvalue weighted by atomic mass is 79.9. The van der Waals surface area contributed by atoms with Gasteiger partial charge in [0.25, 0.3) is 5.91 Å². The summed E-state index contributed by atoms with van der Waals surface area (Å²) in [5.74, 6) is 1.14. The predicted molar refractivity (Wildman–Crippen MR) is 128 cm³/mol. The molecule has 154 valence electrons. The molecule has 2 heterocycles. The average molecular weight is 482 g/mol. The monoisotopic (exact) mass is 481 g/mol. The van der Waals surface area contributed by atoms with E-state index in [1.807, 2.05) is 78.9 Å². The number of furan rings is 1. The number of nitrogens with zero attached hydrogens (tertiary/aromatic N) is 1. The van der Waals surface area contributed by atoms with Crippen LogP contribution in [0.4, 0.5) is 0 Å². The Labute approximate surface area is 191 Å². The SMILES string of the molecule is COc1ccc2ccc3oc(-c4ccc(Br)cc4)c(C4=c5ccccc5=NC4=O)c3c2c1. The molecule has 0 saturated heterocycles. The number of carbonyl (C=O) groups is 1. The van der Waals surface area contributed by atoms with Crippen molar-refractivity contribution < 1.29 is 13.9 Å². The Kier molecular flexibility index (Phi) is 4.26. The molecule has 0 bridgehead atoms. The Morgan fingerprint density at radius 2 is 1.72 bits per heavy atom. The molecule has 1 aliphatic heterocycles. The lowest BCUT2D eigenvalue weighted by Crippen LogP contribution is -2.22. The number of rotatable bonds is 3. The number of amides is 1. The minimum Gasteiger partial charge on any atom is -0.497 e. The molecular weight excluding hydrogens is 466 g/mol. The van der Waals surface area contributed by atoms with Gasteiger partial charge in [0.05, 0.1) is 18.0 Å². The van der Waals surface area contributed by atoms with Crippen molar-refractivity contribution in [2.75, 3.05) is 7.11 Å². The molecule has 6 rings (SSSR count). The molecular formula is C27H16BrNO3. The fraction of sp³-hybridized carbons (Fsp3) is 0.0370. The quantitative estimate of drug-likeness (QED) is 0.347. The normalized spacial score (nSPS) is 12.9. The highest BCUT2D eigenvalue weighted by Crippen LogP contribution is 2.42. The van der Waals surface area contributed by atoms with Crippen molar-refractivity contribution in [3.8, 4) is 17.1 Å². The molecule has 0 fully saturated rings. The Morgan fingerprint density at radius 3 is 2.53 bits per heavy atom. The molecule has 1 amide bonds. The summed E-state index contributed by atoms with van der Waals surface area (Å²) in [6.45, 7) is 0.